The smallest absolute Gasteiger partial charge is 0.231 e. The zero-order chi connectivity index (χ0) is 16.4. The minimum Gasteiger partial charge on any atom is -0.485 e. The number of allylic oxidation sites excluding steroid dienone is 2. The molecule has 0 N–H and O–H groups in total. The largest absolute Gasteiger partial charge is 0.485 e. The van der Waals surface area contributed by atoms with Gasteiger partial charge < -0.3 is 9.47 Å². The Morgan fingerprint density at radius 2 is 1.83 bits per heavy atom. The summed E-state index contributed by atoms with van der Waals surface area (Å²) in [7, 11) is 0. The van der Waals surface area contributed by atoms with Crippen LogP contribution in [-0.4, -0.2) is 18.2 Å². The van der Waals surface area contributed by atoms with Gasteiger partial charge in [0.05, 0.1) is 5.56 Å². The van der Waals surface area contributed by atoms with Gasteiger partial charge in [0, 0.05) is 11.6 Å². The van der Waals surface area contributed by atoms with Crippen molar-refractivity contribution in [3.05, 3.63) is 71.0 Å². The number of ether oxygens (including phenoxy) is 2. The van der Waals surface area contributed by atoms with Crippen molar-refractivity contribution in [1.82, 2.24) is 0 Å². The molecule has 0 aliphatic carbocycles. The van der Waals surface area contributed by atoms with Crippen molar-refractivity contribution in [2.45, 2.75) is 13.8 Å². The number of rotatable bonds is 4. The fourth-order valence-electron chi connectivity index (χ4n) is 2.33. The molecule has 0 saturated heterocycles. The summed E-state index contributed by atoms with van der Waals surface area (Å²) < 4.78 is 11.1. The number of hydrogen-bond acceptors (Lipinski definition) is 4. The zero-order valence-corrected chi connectivity index (χ0v) is 13.0. The Balaban J connectivity index is 1.73. The van der Waals surface area contributed by atoms with Gasteiger partial charge in [0.1, 0.15) is 11.5 Å². The second kappa shape index (κ2) is 6.08. The van der Waals surface area contributed by atoms with Gasteiger partial charge in [-0.15, -0.1) is 0 Å². The normalized spacial score (nSPS) is 12.6. The van der Waals surface area contributed by atoms with E-state index < -0.39 is 0 Å². The number of carbonyl (C=O) groups is 2. The third-order valence-corrected chi connectivity index (χ3v) is 3.54. The molecule has 116 valence electrons. The molecule has 0 atom stereocenters. The molecule has 1 aliphatic rings. The van der Waals surface area contributed by atoms with Crippen molar-refractivity contribution in [2.24, 2.45) is 0 Å². The van der Waals surface area contributed by atoms with E-state index in [0.29, 0.717) is 28.4 Å². The van der Waals surface area contributed by atoms with Gasteiger partial charge in [-0.3, -0.25) is 9.59 Å². The van der Waals surface area contributed by atoms with Crippen LogP contribution in [0.4, 0.5) is 0 Å². The molecule has 23 heavy (non-hydrogen) atoms. The quantitative estimate of drug-likeness (QED) is 0.636. The molecule has 3 rings (SSSR count). The molecular weight excluding hydrogens is 292 g/mol. The first-order valence-corrected chi connectivity index (χ1v) is 7.31. The summed E-state index contributed by atoms with van der Waals surface area (Å²) >= 11 is 0. The molecule has 4 heteroatoms. The van der Waals surface area contributed by atoms with Gasteiger partial charge in [0.2, 0.25) is 5.78 Å². The van der Waals surface area contributed by atoms with Gasteiger partial charge in [-0.25, -0.2) is 0 Å². The van der Waals surface area contributed by atoms with Crippen LogP contribution in [0.2, 0.25) is 0 Å². The lowest BCUT2D eigenvalue weighted by Crippen LogP contribution is -2.11. The van der Waals surface area contributed by atoms with Crippen LogP contribution in [0.15, 0.2) is 59.9 Å². The predicted molar refractivity (Wildman–Crippen MR) is 86.0 cm³/mol. The Morgan fingerprint density at radius 3 is 2.52 bits per heavy atom. The highest BCUT2D eigenvalue weighted by atomic mass is 16.5. The number of Topliss-reactive ketones (excluding diaryl/α,β-unsaturated/α-hetero) is 2. The van der Waals surface area contributed by atoms with E-state index in [0.717, 1.165) is 5.57 Å². The molecule has 2 aromatic rings. The number of fused-ring (bicyclic) bond motifs is 1. The third kappa shape index (κ3) is 3.01. The molecule has 2 aromatic carbocycles. The van der Waals surface area contributed by atoms with E-state index in [1.807, 2.05) is 32.0 Å². The highest BCUT2D eigenvalue weighted by Gasteiger charge is 2.28. The van der Waals surface area contributed by atoms with Crippen LogP contribution in [0, 0.1) is 0 Å². The minimum atomic E-state index is -0.119. The molecule has 0 unspecified atom stereocenters. The van der Waals surface area contributed by atoms with E-state index in [4.69, 9.17) is 9.47 Å². The first kappa shape index (κ1) is 15.0. The third-order valence-electron chi connectivity index (χ3n) is 3.54. The van der Waals surface area contributed by atoms with E-state index in [1.54, 1.807) is 30.3 Å². The molecule has 0 fully saturated rings. The summed E-state index contributed by atoms with van der Waals surface area (Å²) in [5.74, 6) is 1.10. The van der Waals surface area contributed by atoms with Crippen LogP contribution in [0.1, 0.15) is 34.6 Å². The molecule has 1 aliphatic heterocycles. The lowest BCUT2D eigenvalue weighted by atomic mass is 10.1. The van der Waals surface area contributed by atoms with Gasteiger partial charge in [0.15, 0.2) is 18.1 Å². The summed E-state index contributed by atoms with van der Waals surface area (Å²) in [6.45, 7) is 3.59. The van der Waals surface area contributed by atoms with Crippen molar-refractivity contribution in [1.29, 1.82) is 0 Å². The molecular formula is C19H16O4. The molecule has 0 saturated carbocycles. The lowest BCUT2D eigenvalue weighted by molar-refractivity contribution is 0.0921. The minimum absolute atomic E-state index is 0.0632. The monoisotopic (exact) mass is 308 g/mol. The maximum atomic E-state index is 12.1. The SMILES string of the molecule is CC(C)=C1Oc2cc(OCC(=O)c3ccccc3)ccc2C1=O. The second-order valence-corrected chi connectivity index (χ2v) is 5.50. The first-order valence-electron chi connectivity index (χ1n) is 7.31. The highest BCUT2D eigenvalue weighted by molar-refractivity contribution is 6.12. The van der Waals surface area contributed by atoms with Gasteiger partial charge in [0.25, 0.3) is 0 Å². The van der Waals surface area contributed by atoms with Gasteiger partial charge in [-0.05, 0) is 31.6 Å². The van der Waals surface area contributed by atoms with Crippen molar-refractivity contribution in [3.63, 3.8) is 0 Å². The van der Waals surface area contributed by atoms with Crippen LogP contribution < -0.4 is 9.47 Å². The van der Waals surface area contributed by atoms with Crippen LogP contribution in [0.25, 0.3) is 0 Å². The van der Waals surface area contributed by atoms with Crippen molar-refractivity contribution >= 4 is 11.6 Å². The molecule has 0 radical (unpaired) electrons. The lowest BCUT2D eigenvalue weighted by Gasteiger charge is -2.07. The number of hydrogen-bond donors (Lipinski definition) is 0. The van der Waals surface area contributed by atoms with Gasteiger partial charge in [-0.2, -0.15) is 0 Å². The Kier molecular flexibility index (Phi) is 3.98. The van der Waals surface area contributed by atoms with E-state index in [9.17, 15) is 9.59 Å². The summed E-state index contributed by atoms with van der Waals surface area (Å²) in [5.41, 5.74) is 1.95. The summed E-state index contributed by atoms with van der Waals surface area (Å²) in [6.07, 6.45) is 0. The number of carbonyl (C=O) groups excluding carboxylic acids is 2. The Morgan fingerprint density at radius 1 is 1.09 bits per heavy atom. The van der Waals surface area contributed by atoms with E-state index >= 15 is 0 Å². The summed E-state index contributed by atoms with van der Waals surface area (Å²) in [6, 6.07) is 13.9. The Bertz CT molecular complexity index is 799. The van der Waals surface area contributed by atoms with Crippen molar-refractivity contribution in [3.8, 4) is 11.5 Å². The van der Waals surface area contributed by atoms with Crippen LogP contribution in [0.5, 0.6) is 11.5 Å². The number of benzene rings is 2. The molecule has 0 spiro atoms. The van der Waals surface area contributed by atoms with Crippen LogP contribution in [0.3, 0.4) is 0 Å². The van der Waals surface area contributed by atoms with Crippen LogP contribution in [-0.2, 0) is 0 Å². The average molecular weight is 308 g/mol. The first-order chi connectivity index (χ1) is 11.1. The van der Waals surface area contributed by atoms with Crippen molar-refractivity contribution < 1.29 is 19.1 Å². The molecule has 4 nitrogen and oxygen atoms in total. The van der Waals surface area contributed by atoms with E-state index in [-0.39, 0.29) is 18.2 Å². The number of ketones is 2. The Hall–Kier alpha value is -2.88. The highest BCUT2D eigenvalue weighted by Crippen LogP contribution is 2.35. The average Bonchev–Trinajstić information content (AvgIpc) is 2.90. The Labute approximate surface area is 134 Å². The fraction of sp³-hybridized carbons (Fsp3) is 0.158. The van der Waals surface area contributed by atoms with Gasteiger partial charge >= 0.3 is 0 Å². The standard InChI is InChI=1S/C19H16O4/c1-12(2)19-18(21)15-9-8-14(10-17(15)23-19)22-11-16(20)13-6-4-3-5-7-13/h3-10H,11H2,1-2H3. The zero-order valence-electron chi connectivity index (χ0n) is 13.0. The van der Waals surface area contributed by atoms with Crippen LogP contribution >= 0.6 is 0 Å². The maximum absolute atomic E-state index is 12.1. The fourth-order valence-corrected chi connectivity index (χ4v) is 2.33. The molecule has 0 amide bonds. The second-order valence-electron chi connectivity index (χ2n) is 5.50. The van der Waals surface area contributed by atoms with E-state index in [1.165, 1.54) is 0 Å². The predicted octanol–water partition coefficient (Wildman–Crippen LogP) is 3.82. The topological polar surface area (TPSA) is 52.6 Å². The maximum Gasteiger partial charge on any atom is 0.231 e. The van der Waals surface area contributed by atoms with E-state index in [2.05, 4.69) is 0 Å². The summed E-state index contributed by atoms with van der Waals surface area (Å²) in [4.78, 5) is 24.2. The van der Waals surface area contributed by atoms with Crippen molar-refractivity contribution in [2.75, 3.05) is 6.61 Å². The molecule has 0 bridgehead atoms. The van der Waals surface area contributed by atoms with Gasteiger partial charge in [-0.1, -0.05) is 30.3 Å². The molecule has 0 aromatic heterocycles. The summed E-state index contributed by atoms with van der Waals surface area (Å²) in [5, 5.41) is 0. The molecule has 1 heterocycles.